The Kier molecular flexibility index (Phi) is 7.27. The molecule has 0 atom stereocenters. The lowest BCUT2D eigenvalue weighted by atomic mass is 10.1. The third-order valence-electron chi connectivity index (χ3n) is 5.35. The van der Waals surface area contributed by atoms with Gasteiger partial charge in [0.05, 0.1) is 19.5 Å². The molecule has 0 saturated heterocycles. The van der Waals surface area contributed by atoms with Crippen molar-refractivity contribution in [1.29, 1.82) is 0 Å². The highest BCUT2D eigenvalue weighted by atomic mass is 16.5. The Hall–Kier alpha value is -3.49. The maximum absolute atomic E-state index is 13.3. The van der Waals surface area contributed by atoms with Crippen LogP contribution in [0.2, 0.25) is 0 Å². The maximum atomic E-state index is 13.3. The van der Waals surface area contributed by atoms with Crippen LogP contribution in [0, 0.1) is 11.8 Å². The second-order valence-corrected chi connectivity index (χ2v) is 7.75. The van der Waals surface area contributed by atoms with Gasteiger partial charge in [0, 0.05) is 42.1 Å². The highest BCUT2D eigenvalue weighted by Gasteiger charge is 2.33. The second-order valence-electron chi connectivity index (χ2n) is 7.75. The SMILES string of the molecule is O=C(c1ccc(-c2ccco2)cc1)N(Cc1ccccc1OCCC#CCCO)C1CC1. The standard InChI is InChI=1S/C27H27NO4/c29-17-5-1-2-6-18-31-26-9-4-3-8-23(26)20-28(24-15-16-24)27(30)22-13-11-21(12-14-22)25-10-7-19-32-25/h3-4,7-14,19,24,29H,5-6,15-18,20H2. The van der Waals surface area contributed by atoms with Crippen LogP contribution in [0.25, 0.3) is 11.3 Å². The van der Waals surface area contributed by atoms with Crippen molar-refractivity contribution in [3.05, 3.63) is 78.1 Å². The van der Waals surface area contributed by atoms with E-state index in [2.05, 4.69) is 11.8 Å². The molecule has 5 nitrogen and oxygen atoms in total. The molecule has 1 fully saturated rings. The molecule has 164 valence electrons. The van der Waals surface area contributed by atoms with Crippen molar-refractivity contribution >= 4 is 5.91 Å². The van der Waals surface area contributed by atoms with E-state index in [1.165, 1.54) is 0 Å². The van der Waals surface area contributed by atoms with Crippen LogP contribution < -0.4 is 4.74 Å². The molecule has 0 aliphatic heterocycles. The molecule has 1 aliphatic rings. The smallest absolute Gasteiger partial charge is 0.254 e. The molecule has 3 aromatic rings. The first-order valence-electron chi connectivity index (χ1n) is 11.0. The summed E-state index contributed by atoms with van der Waals surface area (Å²) in [6, 6.07) is 19.4. The molecule has 5 heteroatoms. The van der Waals surface area contributed by atoms with Gasteiger partial charge >= 0.3 is 0 Å². The van der Waals surface area contributed by atoms with Gasteiger partial charge in [-0.05, 0) is 43.2 Å². The number of carbonyl (C=O) groups is 1. The van der Waals surface area contributed by atoms with Crippen LogP contribution in [-0.2, 0) is 6.54 Å². The fourth-order valence-corrected chi connectivity index (χ4v) is 3.54. The molecule has 1 heterocycles. The van der Waals surface area contributed by atoms with E-state index in [4.69, 9.17) is 14.3 Å². The van der Waals surface area contributed by atoms with Gasteiger partial charge in [-0.1, -0.05) is 36.3 Å². The molecule has 0 unspecified atom stereocenters. The maximum Gasteiger partial charge on any atom is 0.254 e. The van der Waals surface area contributed by atoms with Crippen LogP contribution in [0.4, 0.5) is 0 Å². The summed E-state index contributed by atoms with van der Waals surface area (Å²) in [5.74, 6) is 7.49. The van der Waals surface area contributed by atoms with Crippen LogP contribution in [0.1, 0.15) is 41.6 Å². The van der Waals surface area contributed by atoms with Crippen molar-refractivity contribution < 1.29 is 19.1 Å². The highest BCUT2D eigenvalue weighted by molar-refractivity contribution is 5.95. The van der Waals surface area contributed by atoms with Crippen molar-refractivity contribution in [3.63, 3.8) is 0 Å². The summed E-state index contributed by atoms with van der Waals surface area (Å²) in [5.41, 5.74) is 2.61. The number of aliphatic hydroxyl groups is 1. The van der Waals surface area contributed by atoms with Crippen LogP contribution >= 0.6 is 0 Å². The quantitative estimate of drug-likeness (QED) is 0.388. The molecule has 1 N–H and O–H groups in total. The largest absolute Gasteiger partial charge is 0.492 e. The van der Waals surface area contributed by atoms with Gasteiger partial charge in [-0.3, -0.25) is 4.79 Å². The summed E-state index contributed by atoms with van der Waals surface area (Å²) < 4.78 is 11.4. The number of hydrogen-bond donors (Lipinski definition) is 1. The van der Waals surface area contributed by atoms with Crippen molar-refractivity contribution in [2.45, 2.75) is 38.3 Å². The number of carbonyl (C=O) groups excluding carboxylic acids is 1. The van der Waals surface area contributed by atoms with Crippen LogP contribution in [0.3, 0.4) is 0 Å². The summed E-state index contributed by atoms with van der Waals surface area (Å²) in [5, 5.41) is 8.78. The Morgan fingerprint density at radius 3 is 2.53 bits per heavy atom. The van der Waals surface area contributed by atoms with E-state index < -0.39 is 0 Å². The van der Waals surface area contributed by atoms with Gasteiger partial charge in [0.25, 0.3) is 5.91 Å². The summed E-state index contributed by atoms with van der Waals surface area (Å²) in [7, 11) is 0. The Bertz CT molecular complexity index is 1070. The number of amides is 1. The summed E-state index contributed by atoms with van der Waals surface area (Å²) >= 11 is 0. The molecule has 1 amide bonds. The first kappa shape index (κ1) is 21.7. The predicted molar refractivity (Wildman–Crippen MR) is 123 cm³/mol. The molecular weight excluding hydrogens is 402 g/mol. The molecular formula is C27H27NO4. The lowest BCUT2D eigenvalue weighted by Crippen LogP contribution is -2.32. The summed E-state index contributed by atoms with van der Waals surface area (Å²) in [4.78, 5) is 15.3. The minimum absolute atomic E-state index is 0.0307. The molecule has 32 heavy (non-hydrogen) atoms. The van der Waals surface area contributed by atoms with E-state index in [0.717, 1.165) is 35.5 Å². The topological polar surface area (TPSA) is 62.9 Å². The third kappa shape index (κ3) is 5.60. The fraction of sp³-hybridized carbons (Fsp3) is 0.296. The molecule has 2 aromatic carbocycles. The van der Waals surface area contributed by atoms with E-state index >= 15 is 0 Å². The van der Waals surface area contributed by atoms with Gasteiger partial charge in [-0.15, -0.1) is 5.92 Å². The van der Waals surface area contributed by atoms with Gasteiger partial charge in [0.2, 0.25) is 0 Å². The van der Waals surface area contributed by atoms with Gasteiger partial charge < -0.3 is 19.2 Å². The molecule has 4 rings (SSSR count). The monoisotopic (exact) mass is 429 g/mol. The zero-order valence-electron chi connectivity index (χ0n) is 18.0. The number of hydrogen-bond acceptors (Lipinski definition) is 4. The van der Waals surface area contributed by atoms with E-state index in [1.807, 2.05) is 65.6 Å². The second kappa shape index (κ2) is 10.7. The van der Waals surface area contributed by atoms with Gasteiger partial charge in [-0.2, -0.15) is 0 Å². The Labute approximate surface area is 188 Å². The first-order chi connectivity index (χ1) is 15.8. The predicted octanol–water partition coefficient (Wildman–Crippen LogP) is 4.91. The average Bonchev–Trinajstić information content (AvgIpc) is 3.52. The van der Waals surface area contributed by atoms with E-state index in [-0.39, 0.29) is 18.6 Å². The van der Waals surface area contributed by atoms with Gasteiger partial charge in [0.1, 0.15) is 11.5 Å². The van der Waals surface area contributed by atoms with Gasteiger partial charge in [0.15, 0.2) is 0 Å². The zero-order chi connectivity index (χ0) is 22.2. The molecule has 0 bridgehead atoms. The molecule has 1 aromatic heterocycles. The van der Waals surface area contributed by atoms with E-state index in [1.54, 1.807) is 6.26 Å². The number of furan rings is 1. The number of aliphatic hydroxyl groups excluding tert-OH is 1. The number of ether oxygens (including phenoxy) is 1. The fourth-order valence-electron chi connectivity index (χ4n) is 3.54. The number of nitrogens with zero attached hydrogens (tertiary/aromatic N) is 1. The summed E-state index contributed by atoms with van der Waals surface area (Å²) in [6.07, 6.45) is 4.78. The zero-order valence-corrected chi connectivity index (χ0v) is 18.0. The lowest BCUT2D eigenvalue weighted by molar-refractivity contribution is 0.0728. The third-order valence-corrected chi connectivity index (χ3v) is 5.35. The lowest BCUT2D eigenvalue weighted by Gasteiger charge is -2.24. The normalized spacial score (nSPS) is 12.7. The first-order valence-corrected chi connectivity index (χ1v) is 11.0. The minimum atomic E-state index is 0.0307. The van der Waals surface area contributed by atoms with Crippen molar-refractivity contribution in [2.75, 3.05) is 13.2 Å². The Morgan fingerprint density at radius 1 is 1.03 bits per heavy atom. The van der Waals surface area contributed by atoms with Crippen molar-refractivity contribution in [2.24, 2.45) is 0 Å². The van der Waals surface area contributed by atoms with Crippen LogP contribution in [0.5, 0.6) is 5.75 Å². The van der Waals surface area contributed by atoms with Gasteiger partial charge in [-0.25, -0.2) is 0 Å². The average molecular weight is 430 g/mol. The van der Waals surface area contributed by atoms with Crippen molar-refractivity contribution in [1.82, 2.24) is 4.90 Å². The highest BCUT2D eigenvalue weighted by Crippen LogP contribution is 2.32. The van der Waals surface area contributed by atoms with Crippen LogP contribution in [-0.4, -0.2) is 35.2 Å². The molecule has 0 radical (unpaired) electrons. The minimum Gasteiger partial charge on any atom is -0.492 e. The van der Waals surface area contributed by atoms with Crippen LogP contribution in [0.15, 0.2) is 71.3 Å². The van der Waals surface area contributed by atoms with E-state index in [0.29, 0.717) is 31.6 Å². The Morgan fingerprint density at radius 2 is 1.81 bits per heavy atom. The van der Waals surface area contributed by atoms with E-state index in [9.17, 15) is 4.79 Å². The number of para-hydroxylation sites is 1. The molecule has 0 spiro atoms. The number of rotatable bonds is 9. The molecule has 1 saturated carbocycles. The van der Waals surface area contributed by atoms with Crippen molar-refractivity contribution in [3.8, 4) is 28.9 Å². The summed E-state index contributed by atoms with van der Waals surface area (Å²) in [6.45, 7) is 1.06. The number of benzene rings is 2. The molecule has 1 aliphatic carbocycles. The Balaban J connectivity index is 1.44.